The Balaban J connectivity index is 2.95. The maximum Gasteiger partial charge on any atom is 0.257 e. The second-order valence-corrected chi connectivity index (χ2v) is 4.35. The lowest BCUT2D eigenvalue weighted by molar-refractivity contribution is -0.129. The summed E-state index contributed by atoms with van der Waals surface area (Å²) in [6.07, 6.45) is 0. The number of hydrogen-bond acceptors (Lipinski definition) is 3. The van der Waals surface area contributed by atoms with E-state index in [1.54, 1.807) is 21.0 Å². The third-order valence-electron chi connectivity index (χ3n) is 2.71. The SMILES string of the molecule is CCN(CC(=O)N(C)C)C(=O)c1cc(N)ccc1F. The molecule has 0 heterocycles. The number of benzene rings is 1. The Kier molecular flexibility index (Phi) is 4.86. The highest BCUT2D eigenvalue weighted by Crippen LogP contribution is 2.14. The smallest absolute Gasteiger partial charge is 0.257 e. The molecule has 19 heavy (non-hydrogen) atoms. The molecule has 0 saturated carbocycles. The highest BCUT2D eigenvalue weighted by molar-refractivity contribution is 5.97. The molecule has 0 atom stereocenters. The molecule has 5 nitrogen and oxygen atoms in total. The molecule has 1 aromatic carbocycles. The van der Waals surface area contributed by atoms with E-state index >= 15 is 0 Å². The zero-order chi connectivity index (χ0) is 14.6. The van der Waals surface area contributed by atoms with Crippen LogP contribution in [-0.4, -0.2) is 48.8 Å². The van der Waals surface area contributed by atoms with E-state index in [2.05, 4.69) is 0 Å². The summed E-state index contributed by atoms with van der Waals surface area (Å²) in [5.74, 6) is -1.41. The van der Waals surface area contributed by atoms with Crippen molar-refractivity contribution in [3.8, 4) is 0 Å². The lowest BCUT2D eigenvalue weighted by Crippen LogP contribution is -2.40. The summed E-state index contributed by atoms with van der Waals surface area (Å²) in [4.78, 5) is 26.4. The van der Waals surface area contributed by atoms with Crippen molar-refractivity contribution in [2.75, 3.05) is 32.9 Å². The van der Waals surface area contributed by atoms with Gasteiger partial charge in [-0.25, -0.2) is 4.39 Å². The van der Waals surface area contributed by atoms with Crippen LogP contribution in [0.3, 0.4) is 0 Å². The Morgan fingerprint density at radius 3 is 2.47 bits per heavy atom. The number of anilines is 1. The molecule has 0 aliphatic heterocycles. The number of nitrogens with zero attached hydrogens (tertiary/aromatic N) is 2. The standard InChI is InChI=1S/C13H18FN3O2/c1-4-17(8-12(18)16(2)3)13(19)10-7-9(15)5-6-11(10)14/h5-7H,4,8,15H2,1-3H3. The fourth-order valence-corrected chi connectivity index (χ4v) is 1.51. The molecule has 0 spiro atoms. The molecule has 0 aromatic heterocycles. The number of hydrogen-bond donors (Lipinski definition) is 1. The summed E-state index contributed by atoms with van der Waals surface area (Å²) < 4.78 is 13.6. The van der Waals surface area contributed by atoms with Crippen molar-refractivity contribution in [2.24, 2.45) is 0 Å². The van der Waals surface area contributed by atoms with Crippen LogP contribution in [0.1, 0.15) is 17.3 Å². The van der Waals surface area contributed by atoms with Gasteiger partial charge in [0.25, 0.3) is 5.91 Å². The molecule has 1 rings (SSSR count). The predicted molar refractivity (Wildman–Crippen MR) is 71.1 cm³/mol. The maximum absolute atomic E-state index is 13.6. The summed E-state index contributed by atoms with van der Waals surface area (Å²) in [5.41, 5.74) is 5.73. The van der Waals surface area contributed by atoms with Gasteiger partial charge < -0.3 is 15.5 Å². The first-order valence-corrected chi connectivity index (χ1v) is 5.91. The fourth-order valence-electron chi connectivity index (χ4n) is 1.51. The van der Waals surface area contributed by atoms with E-state index in [1.165, 1.54) is 21.9 Å². The molecule has 0 bridgehead atoms. The highest BCUT2D eigenvalue weighted by Gasteiger charge is 2.21. The Morgan fingerprint density at radius 2 is 1.95 bits per heavy atom. The van der Waals surface area contributed by atoms with Gasteiger partial charge in [-0.1, -0.05) is 0 Å². The number of nitrogen functional groups attached to an aromatic ring is 1. The van der Waals surface area contributed by atoms with E-state index in [4.69, 9.17) is 5.73 Å². The first kappa shape index (κ1) is 14.9. The largest absolute Gasteiger partial charge is 0.399 e. The van der Waals surface area contributed by atoms with E-state index in [1.807, 2.05) is 0 Å². The lowest BCUT2D eigenvalue weighted by atomic mass is 10.1. The van der Waals surface area contributed by atoms with Gasteiger partial charge >= 0.3 is 0 Å². The summed E-state index contributed by atoms with van der Waals surface area (Å²) in [5, 5.41) is 0. The van der Waals surface area contributed by atoms with Crippen LogP contribution in [0.25, 0.3) is 0 Å². The van der Waals surface area contributed by atoms with Crippen molar-refractivity contribution in [2.45, 2.75) is 6.92 Å². The van der Waals surface area contributed by atoms with Crippen LogP contribution in [0.2, 0.25) is 0 Å². The normalized spacial score (nSPS) is 10.1. The Labute approximate surface area is 111 Å². The van der Waals surface area contributed by atoms with Crippen LogP contribution < -0.4 is 5.73 Å². The Hall–Kier alpha value is -2.11. The number of nitrogens with two attached hydrogens (primary N) is 1. The highest BCUT2D eigenvalue weighted by atomic mass is 19.1. The van der Waals surface area contributed by atoms with E-state index in [-0.39, 0.29) is 18.0 Å². The average Bonchev–Trinajstić information content (AvgIpc) is 2.37. The molecule has 1 aromatic rings. The summed E-state index contributed by atoms with van der Waals surface area (Å²) in [6.45, 7) is 1.95. The predicted octanol–water partition coefficient (Wildman–Crippen LogP) is 0.958. The van der Waals surface area contributed by atoms with Crippen LogP contribution in [0, 0.1) is 5.82 Å². The molecule has 0 fully saturated rings. The van der Waals surface area contributed by atoms with Crippen molar-refractivity contribution in [3.05, 3.63) is 29.6 Å². The van der Waals surface area contributed by atoms with Gasteiger partial charge in [-0.3, -0.25) is 9.59 Å². The number of carbonyl (C=O) groups is 2. The van der Waals surface area contributed by atoms with Gasteiger partial charge in [0, 0.05) is 26.3 Å². The number of amides is 2. The molecule has 0 radical (unpaired) electrons. The number of carbonyl (C=O) groups excluding carboxylic acids is 2. The number of halogens is 1. The molecule has 0 unspecified atom stereocenters. The minimum Gasteiger partial charge on any atom is -0.399 e. The quantitative estimate of drug-likeness (QED) is 0.826. The topological polar surface area (TPSA) is 66.6 Å². The second kappa shape index (κ2) is 6.17. The van der Waals surface area contributed by atoms with E-state index in [9.17, 15) is 14.0 Å². The Bertz CT molecular complexity index is 489. The molecular formula is C13H18FN3O2. The molecule has 0 saturated heterocycles. The van der Waals surface area contributed by atoms with Crippen LogP contribution in [0.4, 0.5) is 10.1 Å². The second-order valence-electron chi connectivity index (χ2n) is 4.35. The molecule has 0 aliphatic rings. The van der Waals surface area contributed by atoms with Gasteiger partial charge in [0.2, 0.25) is 5.91 Å². The molecule has 2 N–H and O–H groups in total. The third-order valence-corrected chi connectivity index (χ3v) is 2.71. The first-order chi connectivity index (χ1) is 8.86. The minimum absolute atomic E-state index is 0.0867. The molecular weight excluding hydrogens is 249 g/mol. The number of likely N-dealkylation sites (N-methyl/N-ethyl adjacent to an activating group) is 2. The van der Waals surface area contributed by atoms with E-state index in [0.717, 1.165) is 6.07 Å². The zero-order valence-electron chi connectivity index (χ0n) is 11.3. The van der Waals surface area contributed by atoms with Crippen LogP contribution in [0.5, 0.6) is 0 Å². The number of rotatable bonds is 4. The monoisotopic (exact) mass is 267 g/mol. The van der Waals surface area contributed by atoms with Crippen LogP contribution in [0.15, 0.2) is 18.2 Å². The summed E-state index contributed by atoms with van der Waals surface area (Å²) in [6, 6.07) is 3.80. The maximum atomic E-state index is 13.6. The van der Waals surface area contributed by atoms with Crippen molar-refractivity contribution < 1.29 is 14.0 Å². The van der Waals surface area contributed by atoms with E-state index < -0.39 is 11.7 Å². The summed E-state index contributed by atoms with van der Waals surface area (Å²) in [7, 11) is 3.20. The third kappa shape index (κ3) is 3.67. The van der Waals surface area contributed by atoms with Gasteiger partial charge in [-0.2, -0.15) is 0 Å². The zero-order valence-corrected chi connectivity index (χ0v) is 11.3. The fraction of sp³-hybridized carbons (Fsp3) is 0.385. The Morgan fingerprint density at radius 1 is 1.32 bits per heavy atom. The molecule has 0 aliphatic carbocycles. The molecule has 2 amide bonds. The van der Waals surface area contributed by atoms with Gasteiger partial charge in [0.15, 0.2) is 0 Å². The van der Waals surface area contributed by atoms with E-state index in [0.29, 0.717) is 12.2 Å². The average molecular weight is 267 g/mol. The van der Waals surface area contributed by atoms with Crippen molar-refractivity contribution >= 4 is 17.5 Å². The van der Waals surface area contributed by atoms with Crippen molar-refractivity contribution in [1.29, 1.82) is 0 Å². The lowest BCUT2D eigenvalue weighted by Gasteiger charge is -2.22. The van der Waals surface area contributed by atoms with Gasteiger partial charge in [0.1, 0.15) is 5.82 Å². The van der Waals surface area contributed by atoms with Crippen LogP contribution >= 0.6 is 0 Å². The van der Waals surface area contributed by atoms with Crippen molar-refractivity contribution in [3.63, 3.8) is 0 Å². The minimum atomic E-state index is -0.644. The van der Waals surface area contributed by atoms with Gasteiger partial charge in [-0.05, 0) is 25.1 Å². The molecule has 104 valence electrons. The van der Waals surface area contributed by atoms with Crippen LogP contribution in [-0.2, 0) is 4.79 Å². The summed E-state index contributed by atoms with van der Waals surface area (Å²) >= 11 is 0. The molecule has 6 heteroatoms. The first-order valence-electron chi connectivity index (χ1n) is 5.91. The van der Waals surface area contributed by atoms with Gasteiger partial charge in [-0.15, -0.1) is 0 Å². The van der Waals surface area contributed by atoms with Crippen molar-refractivity contribution in [1.82, 2.24) is 9.80 Å². The van der Waals surface area contributed by atoms with Gasteiger partial charge in [0.05, 0.1) is 12.1 Å².